The van der Waals surface area contributed by atoms with Crippen LogP contribution in [0.3, 0.4) is 0 Å². The van der Waals surface area contributed by atoms with E-state index in [1.165, 1.54) is 12.3 Å². The Balaban J connectivity index is 2.17. The minimum atomic E-state index is -0.445. The number of aromatic nitrogens is 1. The Labute approximate surface area is 146 Å². The minimum Gasteiger partial charge on any atom is -0.506 e. The normalized spacial score (nSPS) is 11.0. The highest BCUT2D eigenvalue weighted by molar-refractivity contribution is 9.11. The van der Waals surface area contributed by atoms with Gasteiger partial charge in [-0.2, -0.15) is 5.10 Å². The summed E-state index contributed by atoms with van der Waals surface area (Å²) < 4.78 is 0.497. The molecule has 116 valence electrons. The van der Waals surface area contributed by atoms with Gasteiger partial charge in [0.2, 0.25) is 0 Å². The second-order valence-electron chi connectivity index (χ2n) is 4.12. The van der Waals surface area contributed by atoms with Gasteiger partial charge in [0.15, 0.2) is 5.13 Å². The van der Waals surface area contributed by atoms with Crippen LogP contribution in [0.4, 0.5) is 5.13 Å². The first-order valence-corrected chi connectivity index (χ1v) is 8.17. The highest BCUT2D eigenvalue weighted by Crippen LogP contribution is 2.40. The van der Waals surface area contributed by atoms with Gasteiger partial charge in [-0.25, -0.2) is 10.4 Å². The smallest absolute Gasteiger partial charge is 0.283 e. The van der Waals surface area contributed by atoms with Crippen molar-refractivity contribution in [2.45, 2.75) is 6.92 Å². The third kappa shape index (κ3) is 3.39. The summed E-state index contributed by atoms with van der Waals surface area (Å²) in [5, 5.41) is 23.6. The van der Waals surface area contributed by atoms with Crippen LogP contribution in [0.5, 0.6) is 11.5 Å². The Morgan fingerprint density at radius 2 is 2.14 bits per heavy atom. The fraction of sp³-hybridized carbons (Fsp3) is 0.0833. The van der Waals surface area contributed by atoms with Gasteiger partial charge in [0.25, 0.3) is 5.91 Å². The number of aromatic hydroxyl groups is 2. The van der Waals surface area contributed by atoms with Crippen molar-refractivity contribution in [3.05, 3.63) is 31.1 Å². The van der Waals surface area contributed by atoms with Gasteiger partial charge < -0.3 is 15.9 Å². The number of hydrogen-bond acceptors (Lipinski definition) is 7. The number of phenols is 2. The first-order valence-electron chi connectivity index (χ1n) is 5.77. The van der Waals surface area contributed by atoms with Crippen molar-refractivity contribution in [3.63, 3.8) is 0 Å². The fourth-order valence-corrected chi connectivity index (χ4v) is 3.43. The van der Waals surface area contributed by atoms with Crippen LogP contribution in [0.15, 0.2) is 20.1 Å². The number of benzene rings is 1. The molecule has 1 heterocycles. The van der Waals surface area contributed by atoms with Gasteiger partial charge in [0.05, 0.1) is 16.4 Å². The van der Waals surface area contributed by atoms with Crippen molar-refractivity contribution in [2.75, 3.05) is 5.73 Å². The van der Waals surface area contributed by atoms with Crippen LogP contribution in [-0.2, 0) is 0 Å². The number of aryl methyl sites for hydroxylation is 1. The van der Waals surface area contributed by atoms with Crippen molar-refractivity contribution in [3.8, 4) is 11.5 Å². The number of nitrogens with two attached hydrogens (primary N) is 1. The number of nitrogens with one attached hydrogen (secondary N) is 1. The topological polar surface area (TPSA) is 121 Å². The summed E-state index contributed by atoms with van der Waals surface area (Å²) in [6, 6.07) is 1.46. The minimum absolute atomic E-state index is 0.126. The van der Waals surface area contributed by atoms with E-state index < -0.39 is 5.91 Å². The number of carbonyl (C=O) groups excluding carboxylic acids is 1. The highest BCUT2D eigenvalue weighted by atomic mass is 79.9. The SMILES string of the molecule is Cc1nc(N)sc1C(=O)NN=Cc1cc(Br)c(O)c(Br)c1O. The van der Waals surface area contributed by atoms with Crippen LogP contribution in [0.25, 0.3) is 0 Å². The Morgan fingerprint density at radius 3 is 2.73 bits per heavy atom. The van der Waals surface area contributed by atoms with Crippen molar-refractivity contribution in [2.24, 2.45) is 5.10 Å². The molecule has 0 spiro atoms. The molecule has 1 aromatic carbocycles. The summed E-state index contributed by atoms with van der Waals surface area (Å²) in [5.74, 6) is -0.772. The monoisotopic (exact) mass is 448 g/mol. The van der Waals surface area contributed by atoms with E-state index in [4.69, 9.17) is 5.73 Å². The second kappa shape index (κ2) is 6.63. The van der Waals surface area contributed by atoms with Crippen LogP contribution < -0.4 is 11.2 Å². The number of hydrazone groups is 1. The molecule has 10 heteroatoms. The Kier molecular flexibility index (Phi) is 5.04. The molecule has 22 heavy (non-hydrogen) atoms. The molecule has 0 saturated carbocycles. The molecule has 0 fully saturated rings. The lowest BCUT2D eigenvalue weighted by Gasteiger charge is -2.06. The third-order valence-corrected chi connectivity index (χ3v) is 4.93. The van der Waals surface area contributed by atoms with Gasteiger partial charge in [0, 0.05) is 5.56 Å². The number of anilines is 1. The molecule has 0 aliphatic carbocycles. The summed E-state index contributed by atoms with van der Waals surface area (Å²) in [6.07, 6.45) is 1.25. The Hall–Kier alpha value is -1.65. The summed E-state index contributed by atoms with van der Waals surface area (Å²) in [7, 11) is 0. The van der Waals surface area contributed by atoms with E-state index >= 15 is 0 Å². The summed E-state index contributed by atoms with van der Waals surface area (Å²) >= 11 is 7.25. The molecule has 0 bridgehead atoms. The molecule has 0 saturated heterocycles. The number of nitrogens with zero attached hydrogens (tertiary/aromatic N) is 2. The summed E-state index contributed by atoms with van der Waals surface area (Å²) in [5.41, 5.74) is 8.67. The van der Waals surface area contributed by atoms with Crippen LogP contribution >= 0.6 is 43.2 Å². The van der Waals surface area contributed by atoms with Crippen LogP contribution in [-0.4, -0.2) is 27.3 Å². The number of nitrogen functional groups attached to an aromatic ring is 1. The second-order valence-corrected chi connectivity index (χ2v) is 6.80. The maximum atomic E-state index is 11.9. The maximum absolute atomic E-state index is 11.9. The molecule has 0 radical (unpaired) electrons. The van der Waals surface area contributed by atoms with Gasteiger partial charge in [-0.05, 0) is 44.8 Å². The van der Waals surface area contributed by atoms with E-state index in [0.717, 1.165) is 11.3 Å². The molecule has 0 aliphatic rings. The van der Waals surface area contributed by atoms with Gasteiger partial charge in [-0.3, -0.25) is 4.79 Å². The number of thiazole rings is 1. The van der Waals surface area contributed by atoms with Crippen molar-refractivity contribution in [1.29, 1.82) is 0 Å². The van der Waals surface area contributed by atoms with Gasteiger partial charge in [0.1, 0.15) is 20.8 Å². The first-order chi connectivity index (χ1) is 10.3. The maximum Gasteiger partial charge on any atom is 0.283 e. The van der Waals surface area contributed by atoms with E-state index in [0.29, 0.717) is 25.7 Å². The molecule has 2 rings (SSSR count). The fourth-order valence-electron chi connectivity index (χ4n) is 1.55. The molecular formula is C12H10Br2N4O3S. The van der Waals surface area contributed by atoms with Crippen molar-refractivity contribution in [1.82, 2.24) is 10.4 Å². The molecule has 5 N–H and O–H groups in total. The van der Waals surface area contributed by atoms with Gasteiger partial charge >= 0.3 is 0 Å². The summed E-state index contributed by atoms with van der Waals surface area (Å²) in [4.78, 5) is 16.2. The molecule has 7 nitrogen and oxygen atoms in total. The Bertz CT molecular complexity index is 776. The zero-order valence-electron chi connectivity index (χ0n) is 11.1. The molecule has 2 aromatic rings. The third-order valence-electron chi connectivity index (χ3n) is 2.59. The Morgan fingerprint density at radius 1 is 1.45 bits per heavy atom. The van der Waals surface area contributed by atoms with Crippen LogP contribution in [0.1, 0.15) is 20.9 Å². The molecule has 0 atom stereocenters. The predicted molar refractivity (Wildman–Crippen MR) is 91.5 cm³/mol. The van der Waals surface area contributed by atoms with E-state index in [1.807, 2.05) is 0 Å². The van der Waals surface area contributed by atoms with Gasteiger partial charge in [-0.15, -0.1) is 0 Å². The van der Waals surface area contributed by atoms with E-state index in [9.17, 15) is 15.0 Å². The van der Waals surface area contributed by atoms with Crippen LogP contribution in [0, 0.1) is 6.92 Å². The number of carbonyl (C=O) groups is 1. The standard InChI is InChI=1S/C12H10Br2N4O3S/c1-4-10(22-12(15)17-4)11(21)18-16-3-5-2-6(13)9(20)7(14)8(5)19/h2-3,19-20H,1H3,(H2,15,17)(H,18,21). The lowest BCUT2D eigenvalue weighted by atomic mass is 10.2. The zero-order chi connectivity index (χ0) is 16.4. The zero-order valence-corrected chi connectivity index (χ0v) is 15.1. The number of halogens is 2. The van der Waals surface area contributed by atoms with Crippen molar-refractivity contribution >= 4 is 60.5 Å². The molecule has 1 aromatic heterocycles. The lowest BCUT2D eigenvalue weighted by Crippen LogP contribution is -2.17. The first kappa shape index (κ1) is 16.7. The number of amides is 1. The summed E-state index contributed by atoms with van der Waals surface area (Å²) in [6.45, 7) is 1.67. The van der Waals surface area contributed by atoms with Gasteiger partial charge in [-0.1, -0.05) is 11.3 Å². The number of phenolic OH excluding ortho intramolecular Hbond substituents is 2. The lowest BCUT2D eigenvalue weighted by molar-refractivity contribution is 0.0958. The van der Waals surface area contributed by atoms with Crippen molar-refractivity contribution < 1.29 is 15.0 Å². The van der Waals surface area contributed by atoms with Crippen LogP contribution in [0.2, 0.25) is 0 Å². The largest absolute Gasteiger partial charge is 0.506 e. The molecule has 0 aliphatic heterocycles. The molecule has 1 amide bonds. The van der Waals surface area contributed by atoms with E-state index in [1.54, 1.807) is 6.92 Å². The molecule has 0 unspecified atom stereocenters. The van der Waals surface area contributed by atoms with E-state index in [-0.39, 0.29) is 16.0 Å². The quantitative estimate of drug-likeness (QED) is 0.424. The predicted octanol–water partition coefficient (Wildman–Crippen LogP) is 2.73. The number of rotatable bonds is 3. The average molecular weight is 450 g/mol. The molecular weight excluding hydrogens is 440 g/mol. The highest BCUT2D eigenvalue weighted by Gasteiger charge is 2.14. The number of hydrogen-bond donors (Lipinski definition) is 4. The van der Waals surface area contributed by atoms with E-state index in [2.05, 4.69) is 47.4 Å². The average Bonchev–Trinajstić information content (AvgIpc) is 2.80.